The highest BCUT2D eigenvalue weighted by atomic mass is 15.0. The minimum Gasteiger partial charge on any atom is -0.309 e. The zero-order valence-electron chi connectivity index (χ0n) is 10.3. The molecule has 2 aliphatic rings. The third-order valence-corrected chi connectivity index (χ3v) is 4.13. The first kappa shape index (κ1) is 9.40. The molecule has 2 aliphatic heterocycles. The zero-order valence-corrected chi connectivity index (χ0v) is 10.3. The second-order valence-electron chi connectivity index (χ2n) is 5.10. The Hall–Kier alpha value is -2.54. The van der Waals surface area contributed by atoms with Crippen molar-refractivity contribution in [3.8, 4) is 16.8 Å². The van der Waals surface area contributed by atoms with Crippen molar-refractivity contribution in [1.82, 2.24) is 4.57 Å². The van der Waals surface area contributed by atoms with Crippen molar-refractivity contribution in [2.75, 3.05) is 0 Å². The van der Waals surface area contributed by atoms with Crippen molar-refractivity contribution in [2.45, 2.75) is 0 Å². The number of benzene rings is 3. The molecule has 1 heteroatoms. The summed E-state index contributed by atoms with van der Waals surface area (Å²) in [6, 6.07) is 24.1. The number of hydrogen-bond acceptors (Lipinski definition) is 0. The van der Waals surface area contributed by atoms with Crippen LogP contribution >= 0.6 is 0 Å². The molecule has 0 saturated heterocycles. The van der Waals surface area contributed by atoms with Gasteiger partial charge >= 0.3 is 0 Å². The first-order valence-electron chi connectivity index (χ1n) is 6.56. The summed E-state index contributed by atoms with van der Waals surface area (Å²) in [6.45, 7) is 0. The lowest BCUT2D eigenvalue weighted by molar-refractivity contribution is 1.19. The van der Waals surface area contributed by atoms with Gasteiger partial charge in [-0.25, -0.2) is 0 Å². The molecule has 3 aromatic carbocycles. The Morgan fingerprint density at radius 3 is 2.32 bits per heavy atom. The van der Waals surface area contributed by atoms with Crippen LogP contribution in [0.25, 0.3) is 38.6 Å². The van der Waals surface area contributed by atoms with Gasteiger partial charge in [0.2, 0.25) is 0 Å². The molecule has 4 aromatic rings. The van der Waals surface area contributed by atoms with E-state index in [1.165, 1.54) is 38.6 Å². The average Bonchev–Trinajstić information content (AvgIpc) is 2.62. The fraction of sp³-hybridized carbons (Fsp3) is 0. The lowest BCUT2D eigenvalue weighted by atomic mass is 10.0. The van der Waals surface area contributed by atoms with E-state index >= 15 is 0 Å². The lowest BCUT2D eigenvalue weighted by Crippen LogP contribution is -1.90. The summed E-state index contributed by atoms with van der Waals surface area (Å²) >= 11 is 0. The molecule has 0 radical (unpaired) electrons. The Morgan fingerprint density at radius 1 is 0.632 bits per heavy atom. The monoisotopic (exact) mass is 241 g/mol. The van der Waals surface area contributed by atoms with Crippen LogP contribution in [0.4, 0.5) is 0 Å². The summed E-state index contributed by atoms with van der Waals surface area (Å²) in [7, 11) is 0. The van der Waals surface area contributed by atoms with E-state index in [1.54, 1.807) is 0 Å². The van der Waals surface area contributed by atoms with Crippen LogP contribution in [0.3, 0.4) is 0 Å². The minimum absolute atomic E-state index is 1.25. The molecule has 6 rings (SSSR count). The summed E-state index contributed by atoms with van der Waals surface area (Å²) in [6.07, 6.45) is 0. The zero-order chi connectivity index (χ0) is 12.4. The molecule has 0 amide bonds. The summed E-state index contributed by atoms with van der Waals surface area (Å²) in [5.74, 6) is 0. The molecular weight excluding hydrogens is 230 g/mol. The van der Waals surface area contributed by atoms with Gasteiger partial charge in [0.25, 0.3) is 0 Å². The molecule has 0 saturated carbocycles. The Labute approximate surface area is 110 Å². The van der Waals surface area contributed by atoms with E-state index in [4.69, 9.17) is 0 Å². The fourth-order valence-corrected chi connectivity index (χ4v) is 3.31. The van der Waals surface area contributed by atoms with E-state index in [2.05, 4.69) is 71.3 Å². The number of fused-ring (bicyclic) bond motifs is 4. The first-order chi connectivity index (χ1) is 9.43. The SMILES string of the molecule is c1ccc2c(c1)c1cccc3c1n2-c1ccc-3cc1. The normalized spacial score (nSPS) is 12.2. The maximum atomic E-state index is 2.38. The van der Waals surface area contributed by atoms with E-state index in [1.807, 2.05) is 0 Å². The fourth-order valence-electron chi connectivity index (χ4n) is 3.31. The summed E-state index contributed by atoms with van der Waals surface area (Å²) in [5.41, 5.74) is 6.51. The topological polar surface area (TPSA) is 4.93 Å². The van der Waals surface area contributed by atoms with Crippen LogP contribution in [0.15, 0.2) is 66.7 Å². The number of para-hydroxylation sites is 2. The molecular formula is C18H11N. The van der Waals surface area contributed by atoms with E-state index in [0.717, 1.165) is 0 Å². The first-order valence-corrected chi connectivity index (χ1v) is 6.56. The molecule has 19 heavy (non-hydrogen) atoms. The molecule has 1 nitrogen and oxygen atoms in total. The van der Waals surface area contributed by atoms with Gasteiger partial charge in [-0.15, -0.1) is 0 Å². The Bertz CT molecular complexity index is 943. The largest absolute Gasteiger partial charge is 0.309 e. The van der Waals surface area contributed by atoms with Crippen molar-refractivity contribution in [3.05, 3.63) is 66.7 Å². The van der Waals surface area contributed by atoms with E-state index in [9.17, 15) is 0 Å². The van der Waals surface area contributed by atoms with Crippen molar-refractivity contribution < 1.29 is 0 Å². The number of aromatic nitrogens is 1. The van der Waals surface area contributed by atoms with Crippen molar-refractivity contribution >= 4 is 21.8 Å². The van der Waals surface area contributed by atoms with Gasteiger partial charge in [0.05, 0.1) is 11.0 Å². The summed E-state index contributed by atoms with van der Waals surface area (Å²) in [4.78, 5) is 0. The van der Waals surface area contributed by atoms with Gasteiger partial charge in [-0.3, -0.25) is 0 Å². The number of rotatable bonds is 0. The van der Waals surface area contributed by atoms with Crippen LogP contribution in [0.5, 0.6) is 0 Å². The van der Waals surface area contributed by atoms with Crippen LogP contribution in [0, 0.1) is 0 Å². The Kier molecular flexibility index (Phi) is 1.52. The molecule has 88 valence electrons. The molecule has 0 spiro atoms. The van der Waals surface area contributed by atoms with Crippen LogP contribution < -0.4 is 0 Å². The Balaban J connectivity index is 2.22. The van der Waals surface area contributed by atoms with Gasteiger partial charge in [-0.2, -0.15) is 0 Å². The molecule has 0 fully saturated rings. The van der Waals surface area contributed by atoms with Gasteiger partial charge in [-0.1, -0.05) is 48.5 Å². The molecule has 1 aromatic heterocycles. The van der Waals surface area contributed by atoms with Crippen LogP contribution in [0.2, 0.25) is 0 Å². The number of hydrogen-bond donors (Lipinski definition) is 0. The summed E-state index contributed by atoms with van der Waals surface area (Å²) < 4.78 is 2.38. The third-order valence-electron chi connectivity index (χ3n) is 4.13. The van der Waals surface area contributed by atoms with Crippen molar-refractivity contribution in [2.24, 2.45) is 0 Å². The van der Waals surface area contributed by atoms with Crippen molar-refractivity contribution in [3.63, 3.8) is 0 Å². The molecule has 0 atom stereocenters. The Morgan fingerprint density at radius 2 is 1.42 bits per heavy atom. The maximum Gasteiger partial charge on any atom is 0.0619 e. The maximum absolute atomic E-state index is 2.38. The van der Waals surface area contributed by atoms with E-state index in [-0.39, 0.29) is 0 Å². The standard InChI is InChI=1S/C18H11N/c1-2-7-17-15(4-1)16-6-3-5-14-12-8-10-13(11-9-12)19(17)18(14)16/h1-11H. The highest BCUT2D eigenvalue weighted by Gasteiger charge is 2.18. The van der Waals surface area contributed by atoms with Gasteiger partial charge < -0.3 is 4.57 Å². The number of nitrogens with zero attached hydrogens (tertiary/aromatic N) is 1. The van der Waals surface area contributed by atoms with Crippen LogP contribution in [-0.2, 0) is 0 Å². The predicted octanol–water partition coefficient (Wildman–Crippen LogP) is 4.76. The highest BCUT2D eigenvalue weighted by Crippen LogP contribution is 2.40. The average molecular weight is 241 g/mol. The molecule has 2 bridgehead atoms. The van der Waals surface area contributed by atoms with Crippen LogP contribution in [0.1, 0.15) is 0 Å². The molecule has 0 aliphatic carbocycles. The minimum atomic E-state index is 1.25. The highest BCUT2D eigenvalue weighted by molar-refractivity contribution is 6.14. The third kappa shape index (κ3) is 1.02. The molecule has 0 N–H and O–H groups in total. The van der Waals surface area contributed by atoms with Gasteiger partial charge in [-0.05, 0) is 23.8 Å². The quantitative estimate of drug-likeness (QED) is 0.368. The van der Waals surface area contributed by atoms with Crippen molar-refractivity contribution in [1.29, 1.82) is 0 Å². The molecule has 3 heterocycles. The van der Waals surface area contributed by atoms with Gasteiger partial charge in [0.15, 0.2) is 0 Å². The second-order valence-corrected chi connectivity index (χ2v) is 5.10. The summed E-state index contributed by atoms with van der Waals surface area (Å²) in [5, 5.41) is 2.68. The van der Waals surface area contributed by atoms with Gasteiger partial charge in [0, 0.05) is 22.0 Å². The van der Waals surface area contributed by atoms with E-state index in [0.29, 0.717) is 0 Å². The lowest BCUT2D eigenvalue weighted by Gasteiger charge is -2.05. The second kappa shape index (κ2) is 3.07. The van der Waals surface area contributed by atoms with Gasteiger partial charge in [0.1, 0.15) is 0 Å². The van der Waals surface area contributed by atoms with E-state index < -0.39 is 0 Å². The molecule has 0 unspecified atom stereocenters. The predicted molar refractivity (Wildman–Crippen MR) is 79.8 cm³/mol. The van der Waals surface area contributed by atoms with Crippen LogP contribution in [-0.4, -0.2) is 4.57 Å². The smallest absolute Gasteiger partial charge is 0.0619 e.